The van der Waals surface area contributed by atoms with Crippen LogP contribution < -0.4 is 11.2 Å². The van der Waals surface area contributed by atoms with Gasteiger partial charge in [-0.1, -0.05) is 0 Å². The second kappa shape index (κ2) is 4.89. The summed E-state index contributed by atoms with van der Waals surface area (Å²) in [4.78, 5) is 24.7. The molecule has 4 atom stereocenters. The van der Waals surface area contributed by atoms with Crippen LogP contribution in [0.2, 0.25) is 0 Å². The van der Waals surface area contributed by atoms with E-state index in [1.54, 1.807) is 0 Å². The Kier molecular flexibility index (Phi) is 3.67. The highest BCUT2D eigenvalue weighted by molar-refractivity contribution is 7.85. The molecule has 0 amide bonds. The van der Waals surface area contributed by atoms with Gasteiger partial charge in [-0.3, -0.25) is 14.3 Å². The molecule has 17 heavy (non-hydrogen) atoms. The summed E-state index contributed by atoms with van der Waals surface area (Å²) in [5, 5.41) is 8.45. The van der Waals surface area contributed by atoms with Gasteiger partial charge >= 0.3 is 5.69 Å². The van der Waals surface area contributed by atoms with Gasteiger partial charge in [0.05, 0.1) is 18.0 Å². The van der Waals surface area contributed by atoms with Gasteiger partial charge in [0.15, 0.2) is 6.23 Å². The first-order valence-corrected chi connectivity index (χ1v) is 6.02. The van der Waals surface area contributed by atoms with Crippen molar-refractivity contribution >= 4 is 25.3 Å². The molecule has 0 radical (unpaired) electrons. The van der Waals surface area contributed by atoms with E-state index in [-0.39, 0.29) is 17.1 Å². The highest BCUT2D eigenvalue weighted by atomic mass is 32.1. The standard InChI is InChI=1S/C9H12N2O4S2/c12-3-4-6(16)7(17)8(15-4)11-2-1-5(13)10-9(11)14/h1-2,4,6-8,12,16-17H,3H2,(H,10,13,14). The SMILES string of the molecule is O=c1ccn(C2OC(CO)C(S)C2S)c(=O)[nH]1. The normalized spacial score (nSPS) is 32.9. The minimum absolute atomic E-state index is 0.195. The number of aliphatic hydroxyl groups excluding tert-OH is 1. The molecule has 8 heteroatoms. The van der Waals surface area contributed by atoms with E-state index in [9.17, 15) is 9.59 Å². The molecule has 0 spiro atoms. The molecule has 94 valence electrons. The number of aromatic amines is 1. The Morgan fingerprint density at radius 3 is 2.65 bits per heavy atom. The Morgan fingerprint density at radius 1 is 1.41 bits per heavy atom. The fourth-order valence-electron chi connectivity index (χ4n) is 1.74. The number of H-pyrrole nitrogens is 1. The molecule has 1 aliphatic heterocycles. The van der Waals surface area contributed by atoms with Gasteiger partial charge in [-0.15, -0.1) is 0 Å². The molecule has 2 rings (SSSR count). The van der Waals surface area contributed by atoms with Crippen molar-refractivity contribution in [2.45, 2.75) is 22.8 Å². The molecule has 1 aromatic heterocycles. The fraction of sp³-hybridized carbons (Fsp3) is 0.556. The summed E-state index contributed by atoms with van der Waals surface area (Å²) >= 11 is 8.59. The van der Waals surface area contributed by atoms with E-state index in [4.69, 9.17) is 9.84 Å². The van der Waals surface area contributed by atoms with Crippen LogP contribution in [0.1, 0.15) is 6.23 Å². The maximum atomic E-state index is 11.6. The molecule has 1 aromatic rings. The van der Waals surface area contributed by atoms with Crippen LogP contribution in [0.4, 0.5) is 0 Å². The first kappa shape index (κ1) is 12.7. The highest BCUT2D eigenvalue weighted by Gasteiger charge is 2.41. The van der Waals surface area contributed by atoms with Crippen LogP contribution in [-0.2, 0) is 4.74 Å². The smallest absolute Gasteiger partial charge is 0.330 e. The molecule has 1 fully saturated rings. The minimum Gasteiger partial charge on any atom is -0.394 e. The lowest BCUT2D eigenvalue weighted by molar-refractivity contribution is -0.0223. The van der Waals surface area contributed by atoms with Gasteiger partial charge in [0, 0.05) is 17.5 Å². The van der Waals surface area contributed by atoms with Crippen LogP contribution in [0.5, 0.6) is 0 Å². The summed E-state index contributed by atoms with van der Waals surface area (Å²) in [5.74, 6) is 0. The van der Waals surface area contributed by atoms with E-state index in [1.807, 2.05) is 0 Å². The lowest BCUT2D eigenvalue weighted by Gasteiger charge is -2.17. The molecule has 0 bridgehead atoms. The zero-order valence-corrected chi connectivity index (χ0v) is 10.5. The second-order valence-corrected chi connectivity index (χ2v) is 4.94. The van der Waals surface area contributed by atoms with E-state index in [2.05, 4.69) is 30.2 Å². The second-order valence-electron chi connectivity index (χ2n) is 3.75. The van der Waals surface area contributed by atoms with Crippen molar-refractivity contribution in [1.29, 1.82) is 0 Å². The number of aliphatic hydroxyl groups is 1. The van der Waals surface area contributed by atoms with Crippen molar-refractivity contribution in [1.82, 2.24) is 9.55 Å². The number of aromatic nitrogens is 2. The van der Waals surface area contributed by atoms with Gasteiger partial charge in [-0.05, 0) is 0 Å². The summed E-state index contributed by atoms with van der Waals surface area (Å²) in [6.45, 7) is -0.195. The zero-order chi connectivity index (χ0) is 12.6. The van der Waals surface area contributed by atoms with Crippen molar-refractivity contribution in [3.05, 3.63) is 33.1 Å². The average molecular weight is 276 g/mol. The van der Waals surface area contributed by atoms with Crippen LogP contribution in [0.3, 0.4) is 0 Å². The van der Waals surface area contributed by atoms with E-state index < -0.39 is 23.6 Å². The maximum absolute atomic E-state index is 11.6. The number of ether oxygens (including phenoxy) is 1. The Bertz CT molecular complexity index is 514. The Labute approximate surface area is 107 Å². The molecular weight excluding hydrogens is 264 g/mol. The predicted molar refractivity (Wildman–Crippen MR) is 67.9 cm³/mol. The predicted octanol–water partition coefficient (Wildman–Crippen LogP) is -0.977. The quantitative estimate of drug-likeness (QED) is 0.523. The van der Waals surface area contributed by atoms with Crippen LogP contribution in [-0.4, -0.2) is 37.9 Å². The third-order valence-corrected chi connectivity index (χ3v) is 4.11. The number of hydrogen-bond acceptors (Lipinski definition) is 6. The lowest BCUT2D eigenvalue weighted by Crippen LogP contribution is -2.34. The molecule has 1 aliphatic rings. The molecule has 0 aromatic carbocycles. The first-order valence-electron chi connectivity index (χ1n) is 4.98. The number of thiol groups is 2. The molecule has 0 saturated carbocycles. The summed E-state index contributed by atoms with van der Waals surface area (Å²) in [6, 6.07) is 1.23. The zero-order valence-electron chi connectivity index (χ0n) is 8.68. The summed E-state index contributed by atoms with van der Waals surface area (Å²) in [7, 11) is 0. The summed E-state index contributed by atoms with van der Waals surface area (Å²) < 4.78 is 6.71. The van der Waals surface area contributed by atoms with Gasteiger partial charge in [0.1, 0.15) is 0 Å². The van der Waals surface area contributed by atoms with Gasteiger partial charge in [0.2, 0.25) is 0 Å². The Morgan fingerprint density at radius 2 is 2.12 bits per heavy atom. The van der Waals surface area contributed by atoms with Crippen molar-refractivity contribution in [2.24, 2.45) is 0 Å². The number of hydrogen-bond donors (Lipinski definition) is 4. The van der Waals surface area contributed by atoms with Crippen molar-refractivity contribution in [3.63, 3.8) is 0 Å². The van der Waals surface area contributed by atoms with Crippen LogP contribution in [0, 0.1) is 0 Å². The fourth-order valence-corrected chi connectivity index (χ4v) is 2.46. The van der Waals surface area contributed by atoms with Gasteiger partial charge in [-0.2, -0.15) is 25.3 Å². The van der Waals surface area contributed by atoms with Crippen LogP contribution in [0.25, 0.3) is 0 Å². The number of nitrogens with zero attached hydrogens (tertiary/aromatic N) is 1. The third-order valence-electron chi connectivity index (χ3n) is 2.64. The first-order chi connectivity index (χ1) is 8.04. The molecule has 0 aliphatic carbocycles. The lowest BCUT2D eigenvalue weighted by atomic mass is 10.2. The third kappa shape index (κ3) is 2.30. The molecule has 6 nitrogen and oxygen atoms in total. The molecule has 2 N–H and O–H groups in total. The molecule has 4 unspecified atom stereocenters. The van der Waals surface area contributed by atoms with Gasteiger partial charge in [-0.25, -0.2) is 4.79 Å². The number of nitrogens with one attached hydrogen (secondary N) is 1. The van der Waals surface area contributed by atoms with Crippen molar-refractivity contribution in [2.75, 3.05) is 6.61 Å². The van der Waals surface area contributed by atoms with Crippen molar-refractivity contribution < 1.29 is 9.84 Å². The largest absolute Gasteiger partial charge is 0.394 e. The van der Waals surface area contributed by atoms with E-state index in [0.717, 1.165) is 0 Å². The van der Waals surface area contributed by atoms with Gasteiger partial charge in [0.25, 0.3) is 5.56 Å². The monoisotopic (exact) mass is 276 g/mol. The van der Waals surface area contributed by atoms with Crippen molar-refractivity contribution in [3.8, 4) is 0 Å². The Hall–Kier alpha value is -0.700. The molecular formula is C9H12N2O4S2. The maximum Gasteiger partial charge on any atom is 0.330 e. The summed E-state index contributed by atoms with van der Waals surface area (Å²) in [5.41, 5.74) is -1.04. The molecule has 2 heterocycles. The minimum atomic E-state index is -0.651. The van der Waals surface area contributed by atoms with E-state index in [1.165, 1.54) is 16.8 Å². The van der Waals surface area contributed by atoms with E-state index >= 15 is 0 Å². The number of rotatable bonds is 2. The van der Waals surface area contributed by atoms with Crippen LogP contribution in [0.15, 0.2) is 21.9 Å². The van der Waals surface area contributed by atoms with E-state index in [0.29, 0.717) is 0 Å². The highest BCUT2D eigenvalue weighted by Crippen LogP contribution is 2.34. The average Bonchev–Trinajstić information content (AvgIpc) is 2.57. The summed E-state index contributed by atoms with van der Waals surface area (Å²) in [6.07, 6.45) is 0.210. The Balaban J connectivity index is 2.35. The van der Waals surface area contributed by atoms with Gasteiger partial charge < -0.3 is 9.84 Å². The molecule has 1 saturated heterocycles. The topological polar surface area (TPSA) is 84.3 Å². The van der Waals surface area contributed by atoms with Crippen LogP contribution >= 0.6 is 25.3 Å².